The fourth-order valence-electron chi connectivity index (χ4n) is 3.36. The molecule has 0 aliphatic rings. The Bertz CT molecular complexity index is 1070. The fourth-order valence-corrected chi connectivity index (χ4v) is 3.66. The molecule has 1 heterocycles. The van der Waals surface area contributed by atoms with Crippen LogP contribution in [0.3, 0.4) is 0 Å². The number of nitrogens with zero attached hydrogens (tertiary/aromatic N) is 1. The molecule has 2 aromatic carbocycles. The number of esters is 1. The third kappa shape index (κ3) is 4.57. The SMILES string of the molecule is CCc1nc2ccccc2c(C)c1C(=O)OCC(=O)N[C@H](C)c1ccccc1Cl. The van der Waals surface area contributed by atoms with Crippen molar-refractivity contribution in [3.8, 4) is 0 Å². The first-order valence-electron chi connectivity index (χ1n) is 9.51. The van der Waals surface area contributed by atoms with Crippen LogP contribution < -0.4 is 5.32 Å². The molecule has 0 saturated heterocycles. The lowest BCUT2D eigenvalue weighted by atomic mass is 10.0. The number of aryl methyl sites for hydroxylation is 2. The highest BCUT2D eigenvalue weighted by atomic mass is 35.5. The molecular weight excluding hydrogens is 388 g/mol. The highest BCUT2D eigenvalue weighted by Crippen LogP contribution is 2.24. The Morgan fingerprint density at radius 1 is 1.14 bits per heavy atom. The second-order valence-corrected chi connectivity index (χ2v) is 7.22. The maximum atomic E-state index is 12.7. The van der Waals surface area contributed by atoms with Gasteiger partial charge in [-0.05, 0) is 43.5 Å². The van der Waals surface area contributed by atoms with E-state index in [0.717, 1.165) is 22.0 Å². The number of fused-ring (bicyclic) bond motifs is 1. The number of amides is 1. The molecule has 0 fully saturated rings. The lowest BCUT2D eigenvalue weighted by Crippen LogP contribution is -2.31. The summed E-state index contributed by atoms with van der Waals surface area (Å²) < 4.78 is 5.31. The van der Waals surface area contributed by atoms with Gasteiger partial charge in [0.05, 0.1) is 22.8 Å². The number of benzene rings is 2. The van der Waals surface area contributed by atoms with Crippen LogP contribution in [0, 0.1) is 6.92 Å². The zero-order chi connectivity index (χ0) is 21.0. The molecule has 1 amide bonds. The van der Waals surface area contributed by atoms with Crippen LogP contribution in [0.4, 0.5) is 0 Å². The molecule has 29 heavy (non-hydrogen) atoms. The second kappa shape index (κ2) is 9.05. The number of carbonyl (C=O) groups is 2. The number of hydrogen-bond acceptors (Lipinski definition) is 4. The molecule has 3 aromatic rings. The number of para-hydroxylation sites is 1. The summed E-state index contributed by atoms with van der Waals surface area (Å²) >= 11 is 6.17. The lowest BCUT2D eigenvalue weighted by molar-refractivity contribution is -0.124. The van der Waals surface area contributed by atoms with Crippen LogP contribution in [0.5, 0.6) is 0 Å². The summed E-state index contributed by atoms with van der Waals surface area (Å²) in [6, 6.07) is 14.6. The van der Waals surface area contributed by atoms with Crippen molar-refractivity contribution in [3.05, 3.63) is 75.9 Å². The van der Waals surface area contributed by atoms with Crippen LogP contribution in [0.2, 0.25) is 5.02 Å². The molecule has 1 aromatic heterocycles. The van der Waals surface area contributed by atoms with Crippen molar-refractivity contribution < 1.29 is 14.3 Å². The Kier molecular flexibility index (Phi) is 6.49. The van der Waals surface area contributed by atoms with Crippen molar-refractivity contribution in [2.45, 2.75) is 33.2 Å². The van der Waals surface area contributed by atoms with E-state index in [-0.39, 0.29) is 12.6 Å². The second-order valence-electron chi connectivity index (χ2n) is 6.82. The molecule has 5 nitrogen and oxygen atoms in total. The third-order valence-corrected chi connectivity index (χ3v) is 5.19. The topological polar surface area (TPSA) is 68.3 Å². The molecule has 1 N–H and O–H groups in total. The predicted octanol–water partition coefficient (Wildman–Crippen LogP) is 4.79. The van der Waals surface area contributed by atoms with Crippen LogP contribution >= 0.6 is 11.6 Å². The quantitative estimate of drug-likeness (QED) is 0.593. The van der Waals surface area contributed by atoms with Crippen molar-refractivity contribution in [3.63, 3.8) is 0 Å². The summed E-state index contributed by atoms with van der Waals surface area (Å²) in [4.78, 5) is 29.6. The van der Waals surface area contributed by atoms with Gasteiger partial charge in [0.25, 0.3) is 5.91 Å². The van der Waals surface area contributed by atoms with Crippen molar-refractivity contribution >= 4 is 34.4 Å². The van der Waals surface area contributed by atoms with E-state index >= 15 is 0 Å². The molecule has 3 rings (SSSR count). The van der Waals surface area contributed by atoms with Crippen LogP contribution in [0.15, 0.2) is 48.5 Å². The number of rotatable bonds is 6. The normalized spacial score (nSPS) is 11.9. The van der Waals surface area contributed by atoms with Crippen LogP contribution in [-0.4, -0.2) is 23.5 Å². The summed E-state index contributed by atoms with van der Waals surface area (Å²) in [5.74, 6) is -0.937. The molecule has 0 saturated carbocycles. The van der Waals surface area contributed by atoms with Gasteiger partial charge in [0.1, 0.15) is 0 Å². The van der Waals surface area contributed by atoms with Crippen molar-refractivity contribution in [2.75, 3.05) is 6.61 Å². The van der Waals surface area contributed by atoms with Gasteiger partial charge in [-0.15, -0.1) is 0 Å². The summed E-state index contributed by atoms with van der Waals surface area (Å²) in [6.45, 7) is 5.27. The van der Waals surface area contributed by atoms with E-state index in [2.05, 4.69) is 10.3 Å². The standard InChI is InChI=1S/C23H23ClN2O3/c1-4-19-22(14(2)16-9-6-8-12-20(16)26-19)23(28)29-13-21(27)25-15(3)17-10-5-7-11-18(17)24/h5-12,15H,4,13H2,1-3H3,(H,25,27)/t15-/m1/s1. The predicted molar refractivity (Wildman–Crippen MR) is 114 cm³/mol. The molecule has 1 atom stereocenters. The Morgan fingerprint density at radius 3 is 2.55 bits per heavy atom. The van der Waals surface area contributed by atoms with Gasteiger partial charge in [-0.1, -0.05) is 54.9 Å². The number of nitrogens with one attached hydrogen (secondary N) is 1. The summed E-state index contributed by atoms with van der Waals surface area (Å²) in [5, 5.41) is 4.27. The van der Waals surface area contributed by atoms with Crippen molar-refractivity contribution in [1.29, 1.82) is 0 Å². The average molecular weight is 411 g/mol. The van der Waals surface area contributed by atoms with Crippen molar-refractivity contribution in [2.24, 2.45) is 0 Å². The number of hydrogen-bond donors (Lipinski definition) is 1. The van der Waals surface area contributed by atoms with Gasteiger partial charge in [0.15, 0.2) is 6.61 Å². The average Bonchev–Trinajstić information content (AvgIpc) is 2.72. The molecule has 6 heteroatoms. The number of halogens is 1. The van der Waals surface area contributed by atoms with Gasteiger partial charge < -0.3 is 10.1 Å². The molecule has 0 radical (unpaired) electrons. The van der Waals surface area contributed by atoms with E-state index in [1.165, 1.54) is 0 Å². The number of carbonyl (C=O) groups excluding carboxylic acids is 2. The smallest absolute Gasteiger partial charge is 0.340 e. The summed E-state index contributed by atoms with van der Waals surface area (Å²) in [6.07, 6.45) is 0.589. The van der Waals surface area contributed by atoms with E-state index in [4.69, 9.17) is 16.3 Å². The van der Waals surface area contributed by atoms with Crippen LogP contribution in [0.25, 0.3) is 10.9 Å². The van der Waals surface area contributed by atoms with Gasteiger partial charge in [-0.2, -0.15) is 0 Å². The zero-order valence-electron chi connectivity index (χ0n) is 16.7. The number of aromatic nitrogens is 1. The lowest BCUT2D eigenvalue weighted by Gasteiger charge is -2.16. The number of ether oxygens (including phenoxy) is 1. The van der Waals surface area contributed by atoms with Gasteiger partial charge in [-0.25, -0.2) is 4.79 Å². The Hall–Kier alpha value is -2.92. The highest BCUT2D eigenvalue weighted by Gasteiger charge is 2.20. The van der Waals surface area contributed by atoms with E-state index in [9.17, 15) is 9.59 Å². The largest absolute Gasteiger partial charge is 0.452 e. The fraction of sp³-hybridized carbons (Fsp3) is 0.261. The third-order valence-electron chi connectivity index (χ3n) is 4.85. The highest BCUT2D eigenvalue weighted by molar-refractivity contribution is 6.31. The molecule has 0 aliphatic heterocycles. The Balaban J connectivity index is 1.71. The first kappa shape index (κ1) is 20.8. The van der Waals surface area contributed by atoms with E-state index < -0.39 is 11.9 Å². The van der Waals surface area contributed by atoms with E-state index in [0.29, 0.717) is 22.7 Å². The minimum Gasteiger partial charge on any atom is -0.452 e. The first-order chi connectivity index (χ1) is 13.9. The van der Waals surface area contributed by atoms with E-state index in [1.54, 1.807) is 6.07 Å². The monoisotopic (exact) mass is 410 g/mol. The maximum Gasteiger partial charge on any atom is 0.340 e. The van der Waals surface area contributed by atoms with Crippen LogP contribution in [0.1, 0.15) is 47.1 Å². The molecule has 0 bridgehead atoms. The van der Waals surface area contributed by atoms with Crippen LogP contribution in [-0.2, 0) is 16.0 Å². The minimum absolute atomic E-state index is 0.301. The van der Waals surface area contributed by atoms with Crippen molar-refractivity contribution in [1.82, 2.24) is 10.3 Å². The molecule has 0 unspecified atom stereocenters. The maximum absolute atomic E-state index is 12.7. The Labute approximate surface area is 175 Å². The summed E-state index contributed by atoms with van der Waals surface area (Å²) in [7, 11) is 0. The molecule has 150 valence electrons. The Morgan fingerprint density at radius 2 is 1.83 bits per heavy atom. The first-order valence-corrected chi connectivity index (χ1v) is 9.89. The van der Waals surface area contributed by atoms with E-state index in [1.807, 2.05) is 63.2 Å². The van der Waals surface area contributed by atoms with Gasteiger partial charge >= 0.3 is 5.97 Å². The molecule has 0 spiro atoms. The number of pyridine rings is 1. The molecule has 0 aliphatic carbocycles. The van der Waals surface area contributed by atoms with Gasteiger partial charge in [-0.3, -0.25) is 9.78 Å². The summed E-state index contributed by atoms with van der Waals surface area (Å²) in [5.41, 5.74) is 3.54. The van der Waals surface area contributed by atoms with Gasteiger partial charge in [0, 0.05) is 10.4 Å². The zero-order valence-corrected chi connectivity index (χ0v) is 17.4. The molecular formula is C23H23ClN2O3. The minimum atomic E-state index is -0.543. The van der Waals surface area contributed by atoms with Gasteiger partial charge in [0.2, 0.25) is 0 Å².